The van der Waals surface area contributed by atoms with Gasteiger partial charge in [-0.1, -0.05) is 6.08 Å². The smallest absolute Gasteiger partial charge is 0.123 e. The molecule has 17 heavy (non-hydrogen) atoms. The van der Waals surface area contributed by atoms with Crippen LogP contribution in [0, 0.1) is 5.82 Å². The molecule has 3 heteroatoms. The second-order valence-electron chi connectivity index (χ2n) is 3.94. The standard InChI is InChI=1S/C14H20FNO/c1-2-3-4-5-6-9-17-14-8-7-13(15)10-12(14)11-16/h2,7-8,10H,1,3-6,9,11,16H2. The van der Waals surface area contributed by atoms with Gasteiger partial charge in [0, 0.05) is 12.1 Å². The first-order valence-electron chi connectivity index (χ1n) is 6.00. The highest BCUT2D eigenvalue weighted by atomic mass is 19.1. The van der Waals surface area contributed by atoms with Crippen LogP contribution in [0.3, 0.4) is 0 Å². The van der Waals surface area contributed by atoms with Gasteiger partial charge in [-0.2, -0.15) is 0 Å². The summed E-state index contributed by atoms with van der Waals surface area (Å²) >= 11 is 0. The molecule has 0 aliphatic rings. The van der Waals surface area contributed by atoms with Crippen molar-refractivity contribution in [2.75, 3.05) is 6.61 Å². The molecule has 2 N–H and O–H groups in total. The van der Waals surface area contributed by atoms with E-state index in [1.807, 2.05) is 6.08 Å². The maximum atomic E-state index is 12.9. The normalized spacial score (nSPS) is 10.2. The van der Waals surface area contributed by atoms with Crippen molar-refractivity contribution in [3.63, 3.8) is 0 Å². The molecule has 94 valence electrons. The predicted molar refractivity (Wildman–Crippen MR) is 68.5 cm³/mol. The minimum absolute atomic E-state index is 0.274. The molecular weight excluding hydrogens is 217 g/mol. The fraction of sp³-hybridized carbons (Fsp3) is 0.429. The number of nitrogens with two attached hydrogens (primary N) is 1. The van der Waals surface area contributed by atoms with Crippen LogP contribution < -0.4 is 10.5 Å². The van der Waals surface area contributed by atoms with Crippen molar-refractivity contribution in [3.05, 3.63) is 42.2 Å². The zero-order valence-electron chi connectivity index (χ0n) is 10.1. The summed E-state index contributed by atoms with van der Waals surface area (Å²) in [6.07, 6.45) is 6.22. The highest BCUT2D eigenvalue weighted by Crippen LogP contribution is 2.19. The Balaban J connectivity index is 2.33. The summed E-state index contributed by atoms with van der Waals surface area (Å²) in [6, 6.07) is 4.46. The first-order valence-corrected chi connectivity index (χ1v) is 6.00. The second kappa shape index (κ2) is 7.85. The Bertz CT molecular complexity index is 352. The number of halogens is 1. The Labute approximate surface area is 102 Å². The van der Waals surface area contributed by atoms with Gasteiger partial charge >= 0.3 is 0 Å². The van der Waals surface area contributed by atoms with Gasteiger partial charge in [-0.25, -0.2) is 4.39 Å². The molecule has 0 amide bonds. The van der Waals surface area contributed by atoms with Gasteiger partial charge in [-0.15, -0.1) is 6.58 Å². The summed E-state index contributed by atoms with van der Waals surface area (Å²) in [5.41, 5.74) is 6.25. The van der Waals surface area contributed by atoms with Crippen LogP contribution >= 0.6 is 0 Å². The quantitative estimate of drug-likeness (QED) is 0.555. The largest absolute Gasteiger partial charge is 0.493 e. The van der Waals surface area contributed by atoms with Gasteiger partial charge in [0.15, 0.2) is 0 Å². The molecular formula is C14H20FNO. The van der Waals surface area contributed by atoms with E-state index in [1.54, 1.807) is 6.07 Å². The molecule has 0 saturated carbocycles. The Morgan fingerprint density at radius 2 is 2.12 bits per heavy atom. The van der Waals surface area contributed by atoms with Crippen LogP contribution in [-0.2, 0) is 6.54 Å². The molecule has 0 aliphatic carbocycles. The lowest BCUT2D eigenvalue weighted by Gasteiger charge is -2.10. The molecule has 1 aromatic carbocycles. The van der Waals surface area contributed by atoms with E-state index >= 15 is 0 Å². The molecule has 0 heterocycles. The van der Waals surface area contributed by atoms with Crippen LogP contribution in [0.25, 0.3) is 0 Å². The first-order chi connectivity index (χ1) is 8.27. The fourth-order valence-electron chi connectivity index (χ4n) is 1.60. The Morgan fingerprint density at radius 3 is 2.82 bits per heavy atom. The SMILES string of the molecule is C=CCCCCCOc1ccc(F)cc1CN. The van der Waals surface area contributed by atoms with Crippen molar-refractivity contribution >= 4 is 0 Å². The van der Waals surface area contributed by atoms with E-state index in [0.29, 0.717) is 18.9 Å². The minimum atomic E-state index is -0.274. The summed E-state index contributed by atoms with van der Waals surface area (Å²) < 4.78 is 18.5. The summed E-state index contributed by atoms with van der Waals surface area (Å²) in [5, 5.41) is 0. The Morgan fingerprint density at radius 1 is 1.29 bits per heavy atom. The van der Waals surface area contributed by atoms with Gasteiger partial charge < -0.3 is 10.5 Å². The highest BCUT2D eigenvalue weighted by molar-refractivity contribution is 5.33. The average molecular weight is 237 g/mol. The molecule has 2 nitrogen and oxygen atoms in total. The summed E-state index contributed by atoms with van der Waals surface area (Å²) in [7, 11) is 0. The molecule has 0 radical (unpaired) electrons. The van der Waals surface area contributed by atoms with Gasteiger partial charge in [0.25, 0.3) is 0 Å². The zero-order chi connectivity index (χ0) is 12.5. The van der Waals surface area contributed by atoms with Crippen LogP contribution in [0.2, 0.25) is 0 Å². The molecule has 1 aromatic rings. The number of benzene rings is 1. The Hall–Kier alpha value is -1.35. The third-order valence-corrected chi connectivity index (χ3v) is 2.55. The van der Waals surface area contributed by atoms with Crippen LogP contribution in [0.5, 0.6) is 5.75 Å². The lowest BCUT2D eigenvalue weighted by atomic mass is 10.2. The van der Waals surface area contributed by atoms with Gasteiger partial charge in [-0.05, 0) is 43.9 Å². The van der Waals surface area contributed by atoms with Crippen LogP contribution in [0.4, 0.5) is 4.39 Å². The third kappa shape index (κ3) is 5.00. The molecule has 0 spiro atoms. The average Bonchev–Trinajstić information content (AvgIpc) is 2.35. The molecule has 0 saturated heterocycles. The minimum Gasteiger partial charge on any atom is -0.493 e. The number of ether oxygens (including phenoxy) is 1. The monoisotopic (exact) mass is 237 g/mol. The Kier molecular flexibility index (Phi) is 6.33. The molecule has 0 atom stereocenters. The second-order valence-corrected chi connectivity index (χ2v) is 3.94. The summed E-state index contributed by atoms with van der Waals surface area (Å²) in [4.78, 5) is 0. The zero-order valence-corrected chi connectivity index (χ0v) is 10.1. The molecule has 0 unspecified atom stereocenters. The van der Waals surface area contributed by atoms with E-state index < -0.39 is 0 Å². The number of hydrogen-bond donors (Lipinski definition) is 1. The maximum Gasteiger partial charge on any atom is 0.123 e. The van der Waals surface area contributed by atoms with Gasteiger partial charge in [0.2, 0.25) is 0 Å². The van der Waals surface area contributed by atoms with Crippen molar-refractivity contribution in [1.82, 2.24) is 0 Å². The predicted octanol–water partition coefficient (Wildman–Crippen LogP) is 3.41. The van der Waals surface area contributed by atoms with Gasteiger partial charge in [-0.3, -0.25) is 0 Å². The van der Waals surface area contributed by atoms with Gasteiger partial charge in [0.1, 0.15) is 11.6 Å². The summed E-state index contributed by atoms with van der Waals surface area (Å²) in [6.45, 7) is 4.62. The topological polar surface area (TPSA) is 35.2 Å². The van der Waals surface area contributed by atoms with E-state index in [0.717, 1.165) is 31.2 Å². The number of allylic oxidation sites excluding steroid dienone is 1. The van der Waals surface area contributed by atoms with E-state index in [-0.39, 0.29) is 5.82 Å². The van der Waals surface area contributed by atoms with E-state index in [4.69, 9.17) is 10.5 Å². The lowest BCUT2D eigenvalue weighted by molar-refractivity contribution is 0.302. The van der Waals surface area contributed by atoms with E-state index in [9.17, 15) is 4.39 Å². The van der Waals surface area contributed by atoms with Crippen LogP contribution in [-0.4, -0.2) is 6.61 Å². The number of unbranched alkanes of at least 4 members (excludes halogenated alkanes) is 3. The van der Waals surface area contributed by atoms with Gasteiger partial charge in [0.05, 0.1) is 6.61 Å². The lowest BCUT2D eigenvalue weighted by Crippen LogP contribution is -2.04. The highest BCUT2D eigenvalue weighted by Gasteiger charge is 2.03. The first kappa shape index (κ1) is 13.7. The number of rotatable bonds is 8. The fourth-order valence-corrected chi connectivity index (χ4v) is 1.60. The molecule has 0 fully saturated rings. The maximum absolute atomic E-state index is 12.9. The third-order valence-electron chi connectivity index (χ3n) is 2.55. The van der Waals surface area contributed by atoms with E-state index in [2.05, 4.69) is 6.58 Å². The number of hydrogen-bond acceptors (Lipinski definition) is 2. The van der Waals surface area contributed by atoms with Crippen molar-refractivity contribution in [2.45, 2.75) is 32.2 Å². The molecule has 0 aliphatic heterocycles. The van der Waals surface area contributed by atoms with Crippen LogP contribution in [0.15, 0.2) is 30.9 Å². The molecule has 0 bridgehead atoms. The van der Waals surface area contributed by atoms with Crippen molar-refractivity contribution < 1.29 is 9.13 Å². The molecule has 1 rings (SSSR count). The summed E-state index contributed by atoms with van der Waals surface area (Å²) in [5.74, 6) is 0.418. The molecule has 0 aromatic heterocycles. The van der Waals surface area contributed by atoms with Crippen molar-refractivity contribution in [1.29, 1.82) is 0 Å². The van der Waals surface area contributed by atoms with Crippen molar-refractivity contribution in [2.24, 2.45) is 5.73 Å². The van der Waals surface area contributed by atoms with Crippen molar-refractivity contribution in [3.8, 4) is 5.75 Å². The van der Waals surface area contributed by atoms with Crippen LogP contribution in [0.1, 0.15) is 31.2 Å². The van der Waals surface area contributed by atoms with E-state index in [1.165, 1.54) is 12.1 Å².